The predicted octanol–water partition coefficient (Wildman–Crippen LogP) is 2.76. The van der Waals surface area contributed by atoms with Crippen molar-refractivity contribution in [2.24, 2.45) is 9.98 Å². The summed E-state index contributed by atoms with van der Waals surface area (Å²) < 4.78 is 81.2. The van der Waals surface area contributed by atoms with Crippen molar-refractivity contribution in [2.45, 2.75) is 12.4 Å². The Bertz CT molecular complexity index is 1200. The molecule has 2 aromatic rings. The van der Waals surface area contributed by atoms with E-state index in [1.165, 1.54) is 12.4 Å². The summed E-state index contributed by atoms with van der Waals surface area (Å²) in [6, 6.07) is 3.95. The van der Waals surface area contributed by atoms with Gasteiger partial charge in [0.1, 0.15) is 5.75 Å². The normalized spacial score (nSPS) is 17.3. The van der Waals surface area contributed by atoms with Crippen LogP contribution in [0.3, 0.4) is 0 Å². The van der Waals surface area contributed by atoms with Crippen LogP contribution in [0.25, 0.3) is 11.9 Å². The van der Waals surface area contributed by atoms with E-state index in [4.69, 9.17) is 0 Å². The Morgan fingerprint density at radius 1 is 1.07 bits per heavy atom. The zero-order valence-corrected chi connectivity index (χ0v) is 14.7. The van der Waals surface area contributed by atoms with Crippen molar-refractivity contribution in [2.75, 3.05) is 6.61 Å². The number of hydrogen-bond donors (Lipinski definition) is 1. The molecule has 4 rings (SSSR count). The Kier molecular flexibility index (Phi) is 4.53. The molecular formula is C18H10F6N4O2. The Balaban J connectivity index is 1.73. The first-order valence-corrected chi connectivity index (χ1v) is 8.27. The molecule has 0 unspecified atom stereocenters. The number of hydrogen-bond acceptors (Lipinski definition) is 6. The zero-order valence-electron chi connectivity index (χ0n) is 14.7. The second kappa shape index (κ2) is 6.83. The van der Waals surface area contributed by atoms with Crippen molar-refractivity contribution in [1.29, 1.82) is 0 Å². The topological polar surface area (TPSA) is 70.3 Å². The molecule has 1 aromatic heterocycles. The molecule has 156 valence electrons. The Hall–Kier alpha value is -3.41. The first-order chi connectivity index (χ1) is 14.0. The first-order valence-electron chi connectivity index (χ1n) is 8.27. The molecule has 30 heavy (non-hydrogen) atoms. The van der Waals surface area contributed by atoms with Gasteiger partial charge in [0.25, 0.3) is 0 Å². The third-order valence-electron chi connectivity index (χ3n) is 4.20. The number of halogens is 6. The van der Waals surface area contributed by atoms with Gasteiger partial charge in [0.15, 0.2) is 24.1 Å². The number of nitrogens with zero attached hydrogens (tertiary/aromatic N) is 4. The molecule has 1 N–H and O–H groups in total. The number of benzene rings is 1. The van der Waals surface area contributed by atoms with E-state index in [-0.39, 0.29) is 17.2 Å². The zero-order chi connectivity index (χ0) is 21.7. The molecule has 0 amide bonds. The monoisotopic (exact) mass is 428 g/mol. The van der Waals surface area contributed by atoms with Crippen molar-refractivity contribution in [1.82, 2.24) is 10.0 Å². The molecule has 0 saturated carbocycles. The van der Waals surface area contributed by atoms with Gasteiger partial charge in [-0.25, -0.2) is 15.0 Å². The van der Waals surface area contributed by atoms with Crippen LogP contribution >= 0.6 is 0 Å². The van der Waals surface area contributed by atoms with Crippen molar-refractivity contribution in [3.63, 3.8) is 0 Å². The Morgan fingerprint density at radius 2 is 1.83 bits per heavy atom. The number of alkyl halides is 6. The van der Waals surface area contributed by atoms with E-state index >= 15 is 0 Å². The second-order valence-electron chi connectivity index (χ2n) is 6.22. The van der Waals surface area contributed by atoms with Gasteiger partial charge < -0.3 is 4.74 Å². The van der Waals surface area contributed by atoms with Crippen LogP contribution in [0.5, 0.6) is 5.75 Å². The van der Waals surface area contributed by atoms with E-state index in [0.717, 1.165) is 12.1 Å². The van der Waals surface area contributed by atoms with Gasteiger partial charge in [-0.15, -0.1) is 0 Å². The fraction of sp³-hybridized carbons (Fsp3) is 0.167. The molecule has 0 aliphatic carbocycles. The Morgan fingerprint density at radius 3 is 2.50 bits per heavy atom. The highest BCUT2D eigenvalue weighted by molar-refractivity contribution is 6.08. The van der Waals surface area contributed by atoms with Crippen LogP contribution in [0.1, 0.15) is 11.1 Å². The number of fused-ring (bicyclic) bond motifs is 1. The second-order valence-corrected chi connectivity index (χ2v) is 6.22. The quantitative estimate of drug-likeness (QED) is 0.764. The summed E-state index contributed by atoms with van der Waals surface area (Å²) in [6.07, 6.45) is -5.20. The number of rotatable bonds is 3. The fourth-order valence-electron chi connectivity index (χ4n) is 2.89. The molecule has 2 aliphatic rings. The minimum atomic E-state index is -4.98. The molecule has 3 heterocycles. The maximum atomic E-state index is 13.3. The van der Waals surface area contributed by atoms with E-state index in [0.29, 0.717) is 27.4 Å². The number of aromatic nitrogens is 1. The third-order valence-corrected chi connectivity index (χ3v) is 4.20. The molecule has 12 heteroatoms. The van der Waals surface area contributed by atoms with E-state index in [9.17, 15) is 31.5 Å². The van der Waals surface area contributed by atoms with Gasteiger partial charge >= 0.3 is 12.4 Å². The van der Waals surface area contributed by atoms with Crippen LogP contribution in [-0.2, 0) is 6.18 Å². The standard InChI is InChI=1S/C18H10F6N4O2/c19-17(20,21)8-30-13-2-1-9(7-12(13)18(22,23)24)15-27-16(28(15)29)11-4-6-26-14-10(11)3-5-25-14/h1-7,29H,8H2. The van der Waals surface area contributed by atoms with Crippen LogP contribution in [0, 0.1) is 0 Å². The van der Waals surface area contributed by atoms with Crippen LogP contribution < -0.4 is 15.2 Å². The smallest absolute Gasteiger partial charge is 0.422 e. The molecule has 2 aliphatic heterocycles. The number of pyridine rings is 1. The molecule has 0 spiro atoms. The molecule has 0 fully saturated rings. The van der Waals surface area contributed by atoms with Gasteiger partial charge in [-0.05, 0) is 30.3 Å². The Labute approximate surface area is 163 Å². The SMILES string of the molecule is ON1C(c2ccc(OCC(F)(F)F)c(C(F)(F)F)c2)=NC1=c1ccnc2c1=CC=N2. The van der Waals surface area contributed by atoms with E-state index < -0.39 is 30.3 Å². The lowest BCUT2D eigenvalue weighted by atomic mass is 10.1. The van der Waals surface area contributed by atoms with Gasteiger partial charge in [0, 0.05) is 28.4 Å². The summed E-state index contributed by atoms with van der Waals surface area (Å²) in [5.74, 6) is -0.711. The lowest BCUT2D eigenvalue weighted by Gasteiger charge is -2.28. The van der Waals surface area contributed by atoms with E-state index in [2.05, 4.69) is 19.7 Å². The van der Waals surface area contributed by atoms with Crippen LogP contribution in [-0.4, -0.2) is 40.1 Å². The summed E-state index contributed by atoms with van der Waals surface area (Å²) in [6.45, 7) is -1.87. The van der Waals surface area contributed by atoms with Gasteiger partial charge in [-0.3, -0.25) is 5.21 Å². The van der Waals surface area contributed by atoms with Gasteiger partial charge in [-0.1, -0.05) is 0 Å². The molecule has 1 aromatic carbocycles. The van der Waals surface area contributed by atoms with Gasteiger partial charge in [-0.2, -0.15) is 31.4 Å². The van der Waals surface area contributed by atoms with Crippen molar-refractivity contribution >= 4 is 29.8 Å². The number of aliphatic imine (C=N–C) groups is 2. The molecule has 0 radical (unpaired) electrons. The number of amidine groups is 1. The van der Waals surface area contributed by atoms with Gasteiger partial charge in [0.05, 0.1) is 5.56 Å². The van der Waals surface area contributed by atoms with Crippen molar-refractivity contribution in [3.05, 3.63) is 52.0 Å². The summed E-state index contributed by atoms with van der Waals surface area (Å²) in [4.78, 5) is 12.1. The highest BCUT2D eigenvalue weighted by Crippen LogP contribution is 2.38. The van der Waals surface area contributed by atoms with Crippen molar-refractivity contribution in [3.8, 4) is 5.75 Å². The third kappa shape index (κ3) is 3.61. The summed E-state index contributed by atoms with van der Waals surface area (Å²) in [5.41, 5.74) is -1.57. The van der Waals surface area contributed by atoms with Crippen LogP contribution in [0.2, 0.25) is 0 Å². The maximum absolute atomic E-state index is 13.3. The van der Waals surface area contributed by atoms with Crippen molar-refractivity contribution < 1.29 is 36.3 Å². The maximum Gasteiger partial charge on any atom is 0.422 e. The molecule has 0 bridgehead atoms. The first kappa shape index (κ1) is 19.9. The minimum Gasteiger partial charge on any atom is -0.483 e. The summed E-state index contributed by atoms with van der Waals surface area (Å²) in [5, 5.41) is 11.9. The molecule has 0 saturated heterocycles. The molecule has 6 nitrogen and oxygen atoms in total. The summed E-state index contributed by atoms with van der Waals surface area (Å²) in [7, 11) is 0. The minimum absolute atomic E-state index is 0.0661. The lowest BCUT2D eigenvalue weighted by molar-refractivity contribution is -0.158. The fourth-order valence-corrected chi connectivity index (χ4v) is 2.89. The number of hydroxylamine groups is 2. The van der Waals surface area contributed by atoms with E-state index in [1.54, 1.807) is 12.1 Å². The van der Waals surface area contributed by atoms with Gasteiger partial charge in [0.2, 0.25) is 0 Å². The average molecular weight is 428 g/mol. The van der Waals surface area contributed by atoms with E-state index in [1.807, 2.05) is 0 Å². The highest BCUT2D eigenvalue weighted by atomic mass is 19.4. The lowest BCUT2D eigenvalue weighted by Crippen LogP contribution is -2.42. The highest BCUT2D eigenvalue weighted by Gasteiger charge is 2.38. The van der Waals surface area contributed by atoms with Crippen LogP contribution in [0.15, 0.2) is 40.4 Å². The largest absolute Gasteiger partial charge is 0.483 e. The molecule has 0 atom stereocenters. The predicted molar refractivity (Wildman–Crippen MR) is 92.7 cm³/mol. The number of ether oxygens (including phenoxy) is 1. The van der Waals surface area contributed by atoms with Crippen LogP contribution in [0.4, 0.5) is 32.2 Å². The summed E-state index contributed by atoms with van der Waals surface area (Å²) >= 11 is 0. The average Bonchev–Trinajstić information content (AvgIpc) is 3.14. The molecular weight excluding hydrogens is 418 g/mol.